The van der Waals surface area contributed by atoms with Crippen LogP contribution in [0.15, 0.2) is 30.3 Å². The summed E-state index contributed by atoms with van der Waals surface area (Å²) in [4.78, 5) is 36.2. The summed E-state index contributed by atoms with van der Waals surface area (Å²) < 4.78 is 10.3. The maximum absolute atomic E-state index is 12.1. The fourth-order valence-corrected chi connectivity index (χ4v) is 2.08. The van der Waals surface area contributed by atoms with Crippen LogP contribution in [0.4, 0.5) is 4.79 Å². The number of ether oxygens (including phenoxy) is 2. The van der Waals surface area contributed by atoms with Crippen LogP contribution in [0.3, 0.4) is 0 Å². The Labute approximate surface area is 147 Å². The monoisotopic (exact) mass is 351 g/mol. The molecule has 0 aromatic heterocycles. The van der Waals surface area contributed by atoms with Crippen LogP contribution in [0.25, 0.3) is 0 Å². The molecule has 25 heavy (non-hydrogen) atoms. The van der Waals surface area contributed by atoms with E-state index in [0.29, 0.717) is 0 Å². The number of carbonyl (C=O) groups is 3. The molecule has 7 heteroatoms. The van der Waals surface area contributed by atoms with Gasteiger partial charge in [0, 0.05) is 13.5 Å². The zero-order valence-corrected chi connectivity index (χ0v) is 15.0. The minimum atomic E-state index is -1.21. The lowest BCUT2D eigenvalue weighted by atomic mass is 10.1. The highest BCUT2D eigenvalue weighted by Gasteiger charge is 2.29. The maximum Gasteiger partial charge on any atom is 0.410 e. The molecule has 138 valence electrons. The molecule has 0 bridgehead atoms. The van der Waals surface area contributed by atoms with Crippen LogP contribution in [0.2, 0.25) is 0 Å². The number of carboxylic acid groups (broad SMARTS) is 1. The van der Waals surface area contributed by atoms with Gasteiger partial charge in [-0.1, -0.05) is 30.3 Å². The van der Waals surface area contributed by atoms with E-state index in [9.17, 15) is 19.5 Å². The molecule has 0 saturated heterocycles. The number of aliphatic carboxylic acids is 1. The number of hydrogen-bond donors (Lipinski definition) is 1. The molecule has 0 heterocycles. The lowest BCUT2D eigenvalue weighted by Crippen LogP contribution is -2.43. The van der Waals surface area contributed by atoms with E-state index in [1.165, 1.54) is 7.05 Å². The van der Waals surface area contributed by atoms with Crippen molar-refractivity contribution in [1.82, 2.24) is 4.90 Å². The van der Waals surface area contributed by atoms with Crippen LogP contribution in [0, 0.1) is 0 Å². The van der Waals surface area contributed by atoms with Gasteiger partial charge in [-0.3, -0.25) is 9.69 Å². The molecule has 1 unspecified atom stereocenters. The van der Waals surface area contributed by atoms with E-state index >= 15 is 0 Å². The molecule has 0 radical (unpaired) electrons. The van der Waals surface area contributed by atoms with Gasteiger partial charge in [-0.05, 0) is 32.8 Å². The van der Waals surface area contributed by atoms with E-state index in [2.05, 4.69) is 0 Å². The first kappa shape index (κ1) is 20.5. The number of esters is 1. The Kier molecular flexibility index (Phi) is 7.42. The number of carboxylic acids is 1. The fraction of sp³-hybridized carbons (Fsp3) is 0.500. The standard InChI is InChI=1S/C18H25NO6/c1-18(2,3)25-15(20)11-10-14(16(21)22)19(4)17(23)24-12-13-8-6-5-7-9-13/h5-9,14H,10-12H2,1-4H3,(H,21,22). The zero-order chi connectivity index (χ0) is 19.0. The lowest BCUT2D eigenvalue weighted by molar-refractivity contribution is -0.155. The van der Waals surface area contributed by atoms with Crippen molar-refractivity contribution in [3.8, 4) is 0 Å². The van der Waals surface area contributed by atoms with Crippen molar-refractivity contribution in [2.45, 2.75) is 51.9 Å². The minimum Gasteiger partial charge on any atom is -0.480 e. The number of rotatable bonds is 7. The predicted molar refractivity (Wildman–Crippen MR) is 90.9 cm³/mol. The van der Waals surface area contributed by atoms with Crippen LogP contribution >= 0.6 is 0 Å². The minimum absolute atomic E-state index is 0.0441. The molecule has 0 fully saturated rings. The molecular formula is C18H25NO6. The number of nitrogens with zero attached hydrogens (tertiary/aromatic N) is 1. The summed E-state index contributed by atoms with van der Waals surface area (Å²) in [7, 11) is 1.33. The van der Waals surface area contributed by atoms with Crippen LogP contribution in [-0.4, -0.2) is 46.7 Å². The molecule has 0 aliphatic rings. The van der Waals surface area contributed by atoms with Crippen LogP contribution < -0.4 is 0 Å². The smallest absolute Gasteiger partial charge is 0.410 e. The highest BCUT2D eigenvalue weighted by molar-refractivity contribution is 5.80. The van der Waals surface area contributed by atoms with Gasteiger partial charge < -0.3 is 14.6 Å². The largest absolute Gasteiger partial charge is 0.480 e. The summed E-state index contributed by atoms with van der Waals surface area (Å²) in [6.45, 7) is 5.23. The molecule has 7 nitrogen and oxygen atoms in total. The van der Waals surface area contributed by atoms with Crippen molar-refractivity contribution in [3.05, 3.63) is 35.9 Å². The SMILES string of the molecule is CN(C(=O)OCc1ccccc1)C(CCC(=O)OC(C)(C)C)C(=O)O. The van der Waals surface area contributed by atoms with Crippen LogP contribution in [0.1, 0.15) is 39.2 Å². The maximum atomic E-state index is 12.1. The first-order chi connectivity index (χ1) is 11.6. The van der Waals surface area contributed by atoms with Gasteiger partial charge in [-0.15, -0.1) is 0 Å². The van der Waals surface area contributed by atoms with Gasteiger partial charge in [0.05, 0.1) is 0 Å². The molecule has 1 aromatic rings. The first-order valence-electron chi connectivity index (χ1n) is 7.98. The molecule has 1 aromatic carbocycles. The molecule has 1 atom stereocenters. The summed E-state index contributed by atoms with van der Waals surface area (Å²) in [6, 6.07) is 7.89. The van der Waals surface area contributed by atoms with Gasteiger partial charge in [0.15, 0.2) is 0 Å². The van der Waals surface area contributed by atoms with Crippen LogP contribution in [-0.2, 0) is 25.7 Å². The summed E-state index contributed by atoms with van der Waals surface area (Å²) in [5.74, 6) is -1.72. The number of benzene rings is 1. The second-order valence-corrected chi connectivity index (χ2v) is 6.63. The van der Waals surface area contributed by atoms with E-state index in [-0.39, 0.29) is 19.4 Å². The van der Waals surface area contributed by atoms with E-state index in [0.717, 1.165) is 10.5 Å². The van der Waals surface area contributed by atoms with Crippen molar-refractivity contribution in [3.63, 3.8) is 0 Å². The zero-order valence-electron chi connectivity index (χ0n) is 15.0. The third kappa shape index (κ3) is 7.69. The van der Waals surface area contributed by atoms with E-state index in [1.807, 2.05) is 18.2 Å². The topological polar surface area (TPSA) is 93.1 Å². The van der Waals surface area contributed by atoms with Crippen molar-refractivity contribution in [1.29, 1.82) is 0 Å². The Bertz CT molecular complexity index is 593. The number of amides is 1. The van der Waals surface area contributed by atoms with Gasteiger partial charge in [-0.25, -0.2) is 9.59 Å². The summed E-state index contributed by atoms with van der Waals surface area (Å²) in [5, 5.41) is 9.32. The Balaban J connectivity index is 2.57. The first-order valence-corrected chi connectivity index (χ1v) is 7.98. The summed E-state index contributed by atoms with van der Waals surface area (Å²) >= 11 is 0. The highest BCUT2D eigenvalue weighted by Crippen LogP contribution is 2.13. The Morgan fingerprint density at radius 3 is 2.28 bits per heavy atom. The molecule has 0 saturated carbocycles. The van der Waals surface area contributed by atoms with Gasteiger partial charge >= 0.3 is 18.0 Å². The van der Waals surface area contributed by atoms with Gasteiger partial charge in [-0.2, -0.15) is 0 Å². The van der Waals surface area contributed by atoms with E-state index in [1.54, 1.807) is 32.9 Å². The van der Waals surface area contributed by atoms with Gasteiger partial charge in [0.25, 0.3) is 0 Å². The van der Waals surface area contributed by atoms with Crippen LogP contribution in [0.5, 0.6) is 0 Å². The normalized spacial score (nSPS) is 12.2. The molecule has 1 amide bonds. The fourth-order valence-electron chi connectivity index (χ4n) is 2.08. The summed E-state index contributed by atoms with van der Waals surface area (Å²) in [5.41, 5.74) is 0.154. The Morgan fingerprint density at radius 2 is 1.76 bits per heavy atom. The quantitative estimate of drug-likeness (QED) is 0.759. The van der Waals surface area contributed by atoms with E-state index < -0.39 is 29.7 Å². The van der Waals surface area contributed by atoms with Gasteiger partial charge in [0.1, 0.15) is 18.2 Å². The Morgan fingerprint density at radius 1 is 1.16 bits per heavy atom. The third-order valence-corrected chi connectivity index (χ3v) is 3.29. The molecule has 1 N–H and O–H groups in total. The third-order valence-electron chi connectivity index (χ3n) is 3.29. The molecular weight excluding hydrogens is 326 g/mol. The average molecular weight is 351 g/mol. The second-order valence-electron chi connectivity index (χ2n) is 6.63. The molecule has 0 aliphatic heterocycles. The van der Waals surface area contributed by atoms with Crippen molar-refractivity contribution < 1.29 is 29.0 Å². The molecule has 1 rings (SSSR count). The highest BCUT2D eigenvalue weighted by atomic mass is 16.6. The number of likely N-dealkylation sites (N-methyl/N-ethyl adjacent to an activating group) is 1. The molecule has 0 spiro atoms. The average Bonchev–Trinajstić information content (AvgIpc) is 2.51. The van der Waals surface area contributed by atoms with E-state index in [4.69, 9.17) is 9.47 Å². The lowest BCUT2D eigenvalue weighted by Gasteiger charge is -2.25. The number of carbonyl (C=O) groups excluding carboxylic acids is 2. The second kappa shape index (κ2) is 9.05. The number of hydrogen-bond acceptors (Lipinski definition) is 5. The molecule has 0 aliphatic carbocycles. The summed E-state index contributed by atoms with van der Waals surface area (Å²) in [6.07, 6.45) is -0.924. The Hall–Kier alpha value is -2.57. The predicted octanol–water partition coefficient (Wildman–Crippen LogP) is 2.83. The van der Waals surface area contributed by atoms with Crippen molar-refractivity contribution in [2.75, 3.05) is 7.05 Å². The van der Waals surface area contributed by atoms with Gasteiger partial charge in [0.2, 0.25) is 0 Å². The van der Waals surface area contributed by atoms with Crippen molar-refractivity contribution in [2.24, 2.45) is 0 Å². The van der Waals surface area contributed by atoms with Crippen molar-refractivity contribution >= 4 is 18.0 Å².